The third-order valence-corrected chi connectivity index (χ3v) is 4.43. The molecule has 0 aliphatic rings. The highest BCUT2D eigenvalue weighted by atomic mass is 14.2. The third-order valence-electron chi connectivity index (χ3n) is 4.43. The summed E-state index contributed by atoms with van der Waals surface area (Å²) in [5.41, 5.74) is 6.27. The summed E-state index contributed by atoms with van der Waals surface area (Å²) in [4.78, 5) is 0. The number of hydrogen-bond acceptors (Lipinski definition) is 0. The van der Waals surface area contributed by atoms with Crippen molar-refractivity contribution in [1.82, 2.24) is 0 Å². The zero-order valence-corrected chi connectivity index (χ0v) is 21.0. The molecule has 2 aromatic carbocycles. The van der Waals surface area contributed by atoms with Crippen LogP contribution in [0.1, 0.15) is 105 Å². The Hall–Kier alpha value is -1.56. The number of aryl methyl sites for hydroxylation is 2. The Morgan fingerprint density at radius 3 is 1.32 bits per heavy atom. The number of rotatable bonds is 2. The van der Waals surface area contributed by atoms with Crippen molar-refractivity contribution in [2.24, 2.45) is 0 Å². The zero-order chi connectivity index (χ0) is 22.4. The van der Waals surface area contributed by atoms with Crippen LogP contribution in [0.2, 0.25) is 0 Å². The zero-order valence-electron chi connectivity index (χ0n) is 21.0. The lowest BCUT2D eigenvalue weighted by atomic mass is 9.86. The van der Waals surface area contributed by atoms with Crippen LogP contribution in [0.4, 0.5) is 0 Å². The molecule has 28 heavy (non-hydrogen) atoms. The fraction of sp³-hybridized carbons (Fsp3) is 0.571. The molecule has 160 valence electrons. The average Bonchev–Trinajstić information content (AvgIpc) is 2.70. The summed E-state index contributed by atoms with van der Waals surface area (Å²) >= 11 is 0. The molecule has 0 saturated heterocycles. The molecule has 0 N–H and O–H groups in total. The lowest BCUT2D eigenvalue weighted by Gasteiger charge is -2.19. The van der Waals surface area contributed by atoms with Crippen molar-refractivity contribution >= 4 is 0 Å². The molecule has 2 aromatic rings. The topological polar surface area (TPSA) is 0 Å². The van der Waals surface area contributed by atoms with Gasteiger partial charge in [-0.3, -0.25) is 0 Å². The van der Waals surface area contributed by atoms with Crippen LogP contribution in [0.5, 0.6) is 0 Å². The maximum absolute atomic E-state index is 2.31. The van der Waals surface area contributed by atoms with E-state index in [0.717, 1.165) is 12.8 Å². The Labute approximate surface area is 177 Å². The molecule has 2 rings (SSSR count). The van der Waals surface area contributed by atoms with E-state index in [2.05, 4.69) is 104 Å². The van der Waals surface area contributed by atoms with Gasteiger partial charge in [0.25, 0.3) is 0 Å². The van der Waals surface area contributed by atoms with E-state index in [0.29, 0.717) is 0 Å². The van der Waals surface area contributed by atoms with Gasteiger partial charge in [0, 0.05) is 0 Å². The molecule has 0 radical (unpaired) electrons. The van der Waals surface area contributed by atoms with Gasteiger partial charge in [-0.05, 0) is 45.9 Å². The molecule has 0 atom stereocenters. The number of hydrogen-bond donors (Lipinski definition) is 0. The van der Waals surface area contributed by atoms with E-state index in [9.17, 15) is 0 Å². The Balaban J connectivity index is 0. The maximum atomic E-state index is 2.31. The Morgan fingerprint density at radius 1 is 0.536 bits per heavy atom. The molecule has 0 spiro atoms. The normalized spacial score (nSPS) is 10.4. The van der Waals surface area contributed by atoms with Gasteiger partial charge in [-0.2, -0.15) is 0 Å². The Morgan fingerprint density at radius 2 is 0.964 bits per heavy atom. The van der Waals surface area contributed by atoms with Crippen LogP contribution in [0.25, 0.3) is 0 Å². The SMILES string of the molecule is CC.CC.CCc1ccc(C(C)(C)C)cc1.CCc1cccc(C(C)(C)C)c1. The first-order valence-electron chi connectivity index (χ1n) is 11.3. The molecular weight excluding hydrogens is 336 g/mol. The van der Waals surface area contributed by atoms with Crippen LogP contribution >= 0.6 is 0 Å². The van der Waals surface area contributed by atoms with Crippen LogP contribution in [0.3, 0.4) is 0 Å². The maximum Gasteiger partial charge on any atom is -0.0132 e. The minimum Gasteiger partial charge on any atom is -0.0683 e. The molecule has 0 amide bonds. The summed E-state index contributed by atoms with van der Waals surface area (Å²) in [6.07, 6.45) is 2.26. The summed E-state index contributed by atoms with van der Waals surface area (Å²) in [6.45, 7) is 25.9. The van der Waals surface area contributed by atoms with Crippen molar-refractivity contribution in [2.45, 2.75) is 107 Å². The van der Waals surface area contributed by atoms with Gasteiger partial charge in [0.2, 0.25) is 0 Å². The first-order chi connectivity index (χ1) is 13.1. The van der Waals surface area contributed by atoms with Gasteiger partial charge in [0.15, 0.2) is 0 Å². The summed E-state index contributed by atoms with van der Waals surface area (Å²) in [5.74, 6) is 0. The number of benzene rings is 2. The monoisotopic (exact) mass is 384 g/mol. The molecule has 0 unspecified atom stereocenters. The minimum absolute atomic E-state index is 0.283. The van der Waals surface area contributed by atoms with Gasteiger partial charge >= 0.3 is 0 Å². The molecule has 0 fully saturated rings. The van der Waals surface area contributed by atoms with Gasteiger partial charge in [-0.15, -0.1) is 0 Å². The smallest absolute Gasteiger partial charge is 0.0132 e. The molecule has 0 aliphatic heterocycles. The molecule has 0 heterocycles. The van der Waals surface area contributed by atoms with E-state index >= 15 is 0 Å². The van der Waals surface area contributed by atoms with Gasteiger partial charge in [-0.25, -0.2) is 0 Å². The summed E-state index contributed by atoms with van der Waals surface area (Å²) < 4.78 is 0. The second kappa shape index (κ2) is 14.4. The van der Waals surface area contributed by atoms with Crippen molar-refractivity contribution in [1.29, 1.82) is 0 Å². The second-order valence-electron chi connectivity index (χ2n) is 8.60. The molecule has 0 nitrogen and oxygen atoms in total. The summed E-state index contributed by atoms with van der Waals surface area (Å²) in [6, 6.07) is 17.8. The van der Waals surface area contributed by atoms with Crippen LogP contribution < -0.4 is 0 Å². The molecule has 0 bridgehead atoms. The van der Waals surface area contributed by atoms with E-state index < -0.39 is 0 Å². The Bertz CT molecular complexity index is 604. The van der Waals surface area contributed by atoms with Crippen LogP contribution in [-0.2, 0) is 23.7 Å². The lowest BCUT2D eigenvalue weighted by molar-refractivity contribution is 0.589. The van der Waals surface area contributed by atoms with Gasteiger partial charge in [0.1, 0.15) is 0 Å². The van der Waals surface area contributed by atoms with E-state index in [1.54, 1.807) is 0 Å². The van der Waals surface area contributed by atoms with Gasteiger partial charge < -0.3 is 0 Å². The van der Waals surface area contributed by atoms with E-state index in [-0.39, 0.29) is 10.8 Å². The van der Waals surface area contributed by atoms with Crippen molar-refractivity contribution in [3.63, 3.8) is 0 Å². The molecule has 0 aliphatic carbocycles. The molecule has 0 saturated carbocycles. The first kappa shape index (κ1) is 28.6. The van der Waals surface area contributed by atoms with Crippen LogP contribution in [0.15, 0.2) is 48.5 Å². The predicted molar refractivity (Wildman–Crippen MR) is 132 cm³/mol. The van der Waals surface area contributed by atoms with E-state index in [1.807, 2.05) is 27.7 Å². The molecular formula is C28H48. The molecule has 0 heteroatoms. The summed E-state index contributed by atoms with van der Waals surface area (Å²) in [5, 5.41) is 0. The predicted octanol–water partition coefficient (Wildman–Crippen LogP) is 9.15. The van der Waals surface area contributed by atoms with Gasteiger partial charge in [-0.1, -0.05) is 132 Å². The first-order valence-corrected chi connectivity index (χ1v) is 11.3. The summed E-state index contributed by atoms with van der Waals surface area (Å²) in [7, 11) is 0. The fourth-order valence-electron chi connectivity index (χ4n) is 2.50. The largest absolute Gasteiger partial charge is 0.0683 e. The fourth-order valence-corrected chi connectivity index (χ4v) is 2.50. The van der Waals surface area contributed by atoms with Crippen molar-refractivity contribution in [3.05, 3.63) is 70.8 Å². The third kappa shape index (κ3) is 11.3. The van der Waals surface area contributed by atoms with Crippen molar-refractivity contribution < 1.29 is 0 Å². The Kier molecular flexibility index (Phi) is 14.8. The average molecular weight is 385 g/mol. The standard InChI is InChI=1S/2C12H18.2C2H6/c1-5-10-6-8-11(9-7-10)12(2,3)4;1-5-10-7-6-8-11(9-10)12(2,3)4;2*1-2/h2*6-9H,5H2,1-4H3;2*1-2H3. The van der Waals surface area contributed by atoms with Crippen LogP contribution in [-0.4, -0.2) is 0 Å². The highest BCUT2D eigenvalue weighted by Crippen LogP contribution is 2.23. The highest BCUT2D eigenvalue weighted by molar-refractivity contribution is 5.28. The second-order valence-corrected chi connectivity index (χ2v) is 8.60. The van der Waals surface area contributed by atoms with Crippen LogP contribution in [0, 0.1) is 0 Å². The molecule has 0 aromatic heterocycles. The minimum atomic E-state index is 0.283. The lowest BCUT2D eigenvalue weighted by Crippen LogP contribution is -2.10. The van der Waals surface area contributed by atoms with Crippen molar-refractivity contribution in [3.8, 4) is 0 Å². The van der Waals surface area contributed by atoms with E-state index in [1.165, 1.54) is 22.3 Å². The van der Waals surface area contributed by atoms with Crippen molar-refractivity contribution in [2.75, 3.05) is 0 Å². The quantitative estimate of drug-likeness (QED) is 0.484. The van der Waals surface area contributed by atoms with Gasteiger partial charge in [0.05, 0.1) is 0 Å². The van der Waals surface area contributed by atoms with E-state index in [4.69, 9.17) is 0 Å². The highest BCUT2D eigenvalue weighted by Gasteiger charge is 2.13.